The normalized spacial score (nSPS) is 17.0. The van der Waals surface area contributed by atoms with E-state index in [0.717, 1.165) is 27.9 Å². The van der Waals surface area contributed by atoms with Gasteiger partial charge in [0.05, 0.1) is 25.1 Å². The molecule has 0 spiro atoms. The second kappa shape index (κ2) is 8.42. The summed E-state index contributed by atoms with van der Waals surface area (Å²) in [4.78, 5) is 18.6. The maximum absolute atomic E-state index is 12.5. The number of likely N-dealkylation sites (N-methyl/N-ethyl adjacent to an activating group) is 1. The van der Waals surface area contributed by atoms with Gasteiger partial charge in [0.1, 0.15) is 5.76 Å². The molecule has 6 heteroatoms. The second-order valence-corrected chi connectivity index (χ2v) is 6.95. The van der Waals surface area contributed by atoms with Gasteiger partial charge in [-0.15, -0.1) is 6.42 Å². The molecule has 0 amide bonds. The molecular formula is C22H25N3O3. The lowest BCUT2D eigenvalue weighted by molar-refractivity contribution is 0.120. The van der Waals surface area contributed by atoms with Crippen LogP contribution in [0, 0.1) is 12.3 Å². The Morgan fingerprint density at radius 1 is 1.39 bits per heavy atom. The Bertz CT molecular complexity index is 1040. The van der Waals surface area contributed by atoms with Crippen molar-refractivity contribution in [3.63, 3.8) is 0 Å². The molecule has 1 atom stereocenters. The van der Waals surface area contributed by atoms with Gasteiger partial charge in [0.2, 0.25) is 0 Å². The number of aromatic nitrogens is 2. The lowest BCUT2D eigenvalue weighted by Gasteiger charge is -2.29. The van der Waals surface area contributed by atoms with Gasteiger partial charge in [-0.2, -0.15) is 0 Å². The average molecular weight is 379 g/mol. The number of nitrogens with zero attached hydrogens (tertiary/aromatic N) is 3. The highest BCUT2D eigenvalue weighted by atomic mass is 16.5. The topological polar surface area (TPSA) is 56.6 Å². The van der Waals surface area contributed by atoms with E-state index in [-0.39, 0.29) is 11.7 Å². The van der Waals surface area contributed by atoms with Gasteiger partial charge >= 0.3 is 0 Å². The van der Waals surface area contributed by atoms with Crippen molar-refractivity contribution in [2.45, 2.75) is 12.5 Å². The zero-order valence-corrected chi connectivity index (χ0v) is 16.7. The van der Waals surface area contributed by atoms with E-state index in [2.05, 4.69) is 10.9 Å². The predicted octanol–water partition coefficient (Wildman–Crippen LogP) is 2.20. The van der Waals surface area contributed by atoms with Gasteiger partial charge in [-0.3, -0.25) is 14.7 Å². The number of rotatable bonds is 6. The van der Waals surface area contributed by atoms with Crippen LogP contribution in [0.1, 0.15) is 12.0 Å². The van der Waals surface area contributed by atoms with Gasteiger partial charge in [-0.05, 0) is 30.1 Å². The van der Waals surface area contributed by atoms with Crippen LogP contribution >= 0.6 is 0 Å². The first-order valence-corrected chi connectivity index (χ1v) is 9.06. The molecule has 6 nitrogen and oxygen atoms in total. The van der Waals surface area contributed by atoms with Crippen molar-refractivity contribution in [1.82, 2.24) is 14.5 Å². The molecule has 1 aliphatic rings. The highest BCUT2D eigenvalue weighted by molar-refractivity contribution is 5.93. The molecule has 1 unspecified atom stereocenters. The second-order valence-electron chi connectivity index (χ2n) is 6.95. The Hall–Kier alpha value is -2.88. The molecule has 2 aromatic rings. The van der Waals surface area contributed by atoms with Crippen molar-refractivity contribution < 1.29 is 9.47 Å². The summed E-state index contributed by atoms with van der Waals surface area (Å²) in [6, 6.07) is 1.88. The first-order chi connectivity index (χ1) is 13.5. The number of allylic oxidation sites excluding steroid dienone is 1. The summed E-state index contributed by atoms with van der Waals surface area (Å²) in [5, 5.41) is 1.47. The van der Waals surface area contributed by atoms with E-state index in [1.54, 1.807) is 38.2 Å². The van der Waals surface area contributed by atoms with Gasteiger partial charge < -0.3 is 14.0 Å². The van der Waals surface area contributed by atoms with Crippen LogP contribution in [0.3, 0.4) is 0 Å². The van der Waals surface area contributed by atoms with Crippen molar-refractivity contribution in [3.8, 4) is 12.3 Å². The third-order valence-electron chi connectivity index (χ3n) is 5.05. The van der Waals surface area contributed by atoms with Crippen molar-refractivity contribution in [1.29, 1.82) is 0 Å². The molecule has 0 radical (unpaired) electrons. The molecule has 0 aromatic carbocycles. The average Bonchev–Trinajstić information content (AvgIpc) is 2.71. The summed E-state index contributed by atoms with van der Waals surface area (Å²) in [5.41, 5.74) is 3.03. The fraction of sp³-hybridized carbons (Fsp3) is 0.364. The van der Waals surface area contributed by atoms with Crippen molar-refractivity contribution in [3.05, 3.63) is 58.0 Å². The van der Waals surface area contributed by atoms with Crippen LogP contribution in [-0.4, -0.2) is 54.9 Å². The minimum absolute atomic E-state index is 0.0642. The first kappa shape index (κ1) is 19.9. The first-order valence-electron chi connectivity index (χ1n) is 9.06. The van der Waals surface area contributed by atoms with Crippen LogP contribution in [-0.2, 0) is 16.5 Å². The van der Waals surface area contributed by atoms with Gasteiger partial charge in [0.25, 0.3) is 5.56 Å². The largest absolute Gasteiger partial charge is 0.497 e. The van der Waals surface area contributed by atoms with E-state index < -0.39 is 0 Å². The minimum atomic E-state index is -0.135. The fourth-order valence-electron chi connectivity index (χ4n) is 3.64. The Kier molecular flexibility index (Phi) is 5.98. The van der Waals surface area contributed by atoms with Crippen molar-refractivity contribution in [2.24, 2.45) is 7.05 Å². The summed E-state index contributed by atoms with van der Waals surface area (Å²) in [7, 11) is 7.08. The number of methoxy groups -OCH3 is 2. The monoisotopic (exact) mass is 379 g/mol. The lowest BCUT2D eigenvalue weighted by Crippen LogP contribution is -2.30. The summed E-state index contributed by atoms with van der Waals surface area (Å²) >= 11 is 0. The number of fused-ring (bicyclic) bond motifs is 1. The standard InChI is InChI=1S/C22H25N3O3/c1-6-9-24(2)13-19-20(27-4)10-15(11-21(19)28-5)18-14-25(3)22(26)17-12-23-8-7-16(17)18/h1,7-8,10,12,14,21H,9,11,13H2,2-5H3. The third kappa shape index (κ3) is 3.72. The molecule has 0 aliphatic heterocycles. The van der Waals surface area contributed by atoms with E-state index in [4.69, 9.17) is 15.9 Å². The van der Waals surface area contributed by atoms with E-state index in [1.807, 2.05) is 30.3 Å². The van der Waals surface area contributed by atoms with Gasteiger partial charge in [-0.1, -0.05) is 5.92 Å². The Morgan fingerprint density at radius 2 is 2.18 bits per heavy atom. The Labute approximate surface area is 165 Å². The molecule has 2 aromatic heterocycles. The molecule has 28 heavy (non-hydrogen) atoms. The summed E-state index contributed by atoms with van der Waals surface area (Å²) in [6.07, 6.45) is 13.2. The zero-order valence-electron chi connectivity index (χ0n) is 16.7. The van der Waals surface area contributed by atoms with E-state index in [1.165, 1.54) is 0 Å². The molecule has 0 saturated heterocycles. The number of hydrogen-bond donors (Lipinski definition) is 0. The number of aryl methyl sites for hydroxylation is 1. The van der Waals surface area contributed by atoms with Crippen LogP contribution in [0.2, 0.25) is 0 Å². The van der Waals surface area contributed by atoms with Gasteiger partial charge in [0, 0.05) is 56.9 Å². The minimum Gasteiger partial charge on any atom is -0.497 e. The molecule has 0 fully saturated rings. The van der Waals surface area contributed by atoms with Crippen molar-refractivity contribution in [2.75, 3.05) is 34.4 Å². The summed E-state index contributed by atoms with van der Waals surface area (Å²) < 4.78 is 13.1. The summed E-state index contributed by atoms with van der Waals surface area (Å²) in [6.45, 7) is 1.21. The SMILES string of the molecule is C#CCN(C)CC1=C(OC)C=C(c2cn(C)c(=O)c3cnccc23)CC1OC. The maximum Gasteiger partial charge on any atom is 0.259 e. The van der Waals surface area contributed by atoms with Gasteiger partial charge in [-0.25, -0.2) is 0 Å². The molecule has 1 aliphatic carbocycles. The van der Waals surface area contributed by atoms with Gasteiger partial charge in [0.15, 0.2) is 0 Å². The molecule has 0 bridgehead atoms. The molecule has 146 valence electrons. The smallest absolute Gasteiger partial charge is 0.259 e. The predicted molar refractivity (Wildman–Crippen MR) is 111 cm³/mol. The zero-order chi connectivity index (χ0) is 20.3. The lowest BCUT2D eigenvalue weighted by atomic mass is 9.88. The number of terminal acetylenes is 1. The molecule has 0 N–H and O–H groups in total. The van der Waals surface area contributed by atoms with Crippen molar-refractivity contribution >= 4 is 16.3 Å². The number of pyridine rings is 2. The Morgan fingerprint density at radius 3 is 2.86 bits per heavy atom. The highest BCUT2D eigenvalue weighted by Crippen LogP contribution is 2.35. The summed E-state index contributed by atoms with van der Waals surface area (Å²) in [5.74, 6) is 3.43. The Balaban J connectivity index is 2.14. The third-order valence-corrected chi connectivity index (χ3v) is 5.05. The number of hydrogen-bond acceptors (Lipinski definition) is 5. The van der Waals surface area contributed by atoms with E-state index >= 15 is 0 Å². The van der Waals surface area contributed by atoms with E-state index in [0.29, 0.717) is 24.9 Å². The molecule has 2 heterocycles. The fourth-order valence-corrected chi connectivity index (χ4v) is 3.64. The van der Waals surface area contributed by atoms with Crippen LogP contribution in [0.25, 0.3) is 16.3 Å². The molecule has 0 saturated carbocycles. The van der Waals surface area contributed by atoms with Crippen LogP contribution in [0.15, 0.2) is 46.9 Å². The van der Waals surface area contributed by atoms with Crippen LogP contribution < -0.4 is 5.56 Å². The maximum atomic E-state index is 12.5. The highest BCUT2D eigenvalue weighted by Gasteiger charge is 2.27. The molecular weight excluding hydrogens is 354 g/mol. The van der Waals surface area contributed by atoms with Crippen LogP contribution in [0.5, 0.6) is 0 Å². The molecule has 3 rings (SSSR count). The van der Waals surface area contributed by atoms with Crippen LogP contribution in [0.4, 0.5) is 0 Å². The number of ether oxygens (including phenoxy) is 2. The quantitative estimate of drug-likeness (QED) is 0.721. The van der Waals surface area contributed by atoms with E-state index in [9.17, 15) is 4.79 Å².